The van der Waals surface area contributed by atoms with Gasteiger partial charge < -0.3 is 4.90 Å². The van der Waals surface area contributed by atoms with Crippen LogP contribution in [0.25, 0.3) is 0 Å². The summed E-state index contributed by atoms with van der Waals surface area (Å²) in [7, 11) is 0. The number of piperidine rings is 1. The molecule has 1 saturated heterocycles. The van der Waals surface area contributed by atoms with Crippen LogP contribution in [-0.2, 0) is 19.5 Å². The van der Waals surface area contributed by atoms with Gasteiger partial charge in [-0.05, 0) is 67.4 Å². The molecule has 1 aliphatic carbocycles. The smallest absolute Gasteiger partial charge is 0.154 e. The number of nitrogens with zero attached hydrogens (tertiary/aromatic N) is 4. The highest BCUT2D eigenvalue weighted by molar-refractivity contribution is 5.51. The monoisotopic (exact) mass is 400 g/mol. The van der Waals surface area contributed by atoms with Crippen molar-refractivity contribution < 1.29 is 0 Å². The van der Waals surface area contributed by atoms with Crippen LogP contribution < -0.4 is 4.90 Å². The molecule has 2 aliphatic heterocycles. The van der Waals surface area contributed by atoms with Crippen LogP contribution in [0.1, 0.15) is 53.6 Å². The number of aromatic nitrogens is 2. The van der Waals surface area contributed by atoms with E-state index in [1.165, 1.54) is 40.7 Å². The third-order valence-electron chi connectivity index (χ3n) is 7.19. The summed E-state index contributed by atoms with van der Waals surface area (Å²) >= 11 is 0. The maximum absolute atomic E-state index is 4.69. The molecule has 0 amide bonds. The highest BCUT2D eigenvalue weighted by Crippen LogP contribution is 2.31. The molecule has 0 radical (unpaired) electrons. The molecule has 0 saturated carbocycles. The van der Waals surface area contributed by atoms with E-state index in [0.717, 1.165) is 57.0 Å². The molecular formula is C26H32N4. The van der Waals surface area contributed by atoms with Crippen molar-refractivity contribution in [3.05, 3.63) is 76.0 Å². The summed E-state index contributed by atoms with van der Waals surface area (Å²) in [5.41, 5.74) is 8.12. The van der Waals surface area contributed by atoms with Gasteiger partial charge in [-0.3, -0.25) is 4.90 Å². The van der Waals surface area contributed by atoms with Gasteiger partial charge in [-0.2, -0.15) is 5.10 Å². The van der Waals surface area contributed by atoms with Gasteiger partial charge in [0.1, 0.15) is 0 Å². The Morgan fingerprint density at radius 1 is 0.933 bits per heavy atom. The lowest BCUT2D eigenvalue weighted by Gasteiger charge is -2.37. The van der Waals surface area contributed by atoms with Crippen LogP contribution in [0.3, 0.4) is 0 Å². The Hall–Kier alpha value is -2.46. The van der Waals surface area contributed by atoms with Crippen LogP contribution in [0.5, 0.6) is 0 Å². The highest BCUT2D eigenvalue weighted by atomic mass is 15.3. The summed E-state index contributed by atoms with van der Waals surface area (Å²) in [5, 5.41) is 9.35. The summed E-state index contributed by atoms with van der Waals surface area (Å²) in [6.07, 6.45) is 12.5. The Labute approximate surface area is 180 Å². The maximum atomic E-state index is 4.69. The summed E-state index contributed by atoms with van der Waals surface area (Å²) in [6, 6.07) is 9.57. The Bertz CT molecular complexity index is 958. The molecular weight excluding hydrogens is 368 g/mol. The van der Waals surface area contributed by atoms with Crippen molar-refractivity contribution in [2.75, 3.05) is 18.0 Å². The van der Waals surface area contributed by atoms with Gasteiger partial charge in [-0.1, -0.05) is 42.5 Å². The second kappa shape index (κ2) is 8.35. The van der Waals surface area contributed by atoms with Gasteiger partial charge in [0.15, 0.2) is 5.82 Å². The number of benzene rings is 1. The highest BCUT2D eigenvalue weighted by Gasteiger charge is 2.30. The van der Waals surface area contributed by atoms with Gasteiger partial charge in [0.25, 0.3) is 0 Å². The minimum atomic E-state index is 0.673. The molecule has 1 aromatic carbocycles. The van der Waals surface area contributed by atoms with Gasteiger partial charge in [0.2, 0.25) is 0 Å². The fraction of sp³-hybridized carbons (Fsp3) is 0.462. The molecule has 156 valence electrons. The Morgan fingerprint density at radius 3 is 2.33 bits per heavy atom. The summed E-state index contributed by atoms with van der Waals surface area (Å²) in [6.45, 7) is 8.79. The average Bonchev–Trinajstić information content (AvgIpc) is 3.22. The zero-order valence-electron chi connectivity index (χ0n) is 18.3. The Balaban J connectivity index is 1.23. The van der Waals surface area contributed by atoms with Crippen molar-refractivity contribution in [1.29, 1.82) is 0 Å². The van der Waals surface area contributed by atoms with Gasteiger partial charge in [-0.15, -0.1) is 5.10 Å². The molecule has 5 rings (SSSR count). The minimum Gasteiger partial charge on any atom is -0.355 e. The lowest BCUT2D eigenvalue weighted by atomic mass is 9.98. The predicted molar refractivity (Wildman–Crippen MR) is 123 cm³/mol. The largest absolute Gasteiger partial charge is 0.355 e. The first-order valence-electron chi connectivity index (χ1n) is 11.4. The number of rotatable bonds is 4. The molecule has 0 unspecified atom stereocenters. The third-order valence-corrected chi connectivity index (χ3v) is 7.19. The molecule has 0 N–H and O–H groups in total. The third kappa shape index (κ3) is 3.81. The van der Waals surface area contributed by atoms with Crippen molar-refractivity contribution in [1.82, 2.24) is 15.1 Å². The van der Waals surface area contributed by atoms with Crippen molar-refractivity contribution in [3.63, 3.8) is 0 Å². The SMILES string of the molecule is Cc1c(CC2=CCCC=C2)nnc(N2CCC(N3Cc4ccccc4C3)CC2)c1C. The first-order valence-corrected chi connectivity index (χ1v) is 11.4. The topological polar surface area (TPSA) is 32.3 Å². The van der Waals surface area contributed by atoms with E-state index in [1.807, 2.05) is 0 Å². The lowest BCUT2D eigenvalue weighted by molar-refractivity contribution is 0.170. The van der Waals surface area contributed by atoms with E-state index in [9.17, 15) is 0 Å². The summed E-state index contributed by atoms with van der Waals surface area (Å²) < 4.78 is 0. The van der Waals surface area contributed by atoms with Crippen molar-refractivity contribution in [2.24, 2.45) is 0 Å². The molecule has 30 heavy (non-hydrogen) atoms. The maximum Gasteiger partial charge on any atom is 0.154 e. The fourth-order valence-electron chi connectivity index (χ4n) is 5.16. The van der Waals surface area contributed by atoms with Crippen LogP contribution >= 0.6 is 0 Å². The zero-order valence-corrected chi connectivity index (χ0v) is 18.3. The van der Waals surface area contributed by atoms with Crippen LogP contribution in [0.4, 0.5) is 5.82 Å². The summed E-state index contributed by atoms with van der Waals surface area (Å²) in [5.74, 6) is 1.09. The number of hydrogen-bond donors (Lipinski definition) is 0. The molecule has 3 aliphatic rings. The molecule has 2 aromatic rings. The normalized spacial score (nSPS) is 19.8. The second-order valence-corrected chi connectivity index (χ2v) is 9.05. The number of allylic oxidation sites excluding steroid dienone is 4. The van der Waals surface area contributed by atoms with Gasteiger partial charge in [0, 0.05) is 38.6 Å². The van der Waals surface area contributed by atoms with Crippen molar-refractivity contribution in [2.45, 2.75) is 65.1 Å². The van der Waals surface area contributed by atoms with Crippen molar-refractivity contribution >= 4 is 5.82 Å². The van der Waals surface area contributed by atoms with Crippen LogP contribution in [0, 0.1) is 13.8 Å². The van der Waals surface area contributed by atoms with E-state index >= 15 is 0 Å². The van der Waals surface area contributed by atoms with Crippen LogP contribution in [0.2, 0.25) is 0 Å². The second-order valence-electron chi connectivity index (χ2n) is 9.05. The first-order chi connectivity index (χ1) is 14.7. The standard InChI is InChI=1S/C26H32N4/c1-19-20(2)26(28-27-25(19)16-21-8-4-3-5-9-21)29-14-12-24(13-15-29)30-17-22-10-6-7-11-23(22)18-30/h4,6-11,24H,3,5,12-18H2,1-2H3. The van der Waals surface area contributed by atoms with Gasteiger partial charge in [0.05, 0.1) is 5.69 Å². The Kier molecular flexibility index (Phi) is 5.43. The molecule has 0 atom stereocenters. The number of anilines is 1. The molecule has 4 heteroatoms. The molecule has 0 bridgehead atoms. The van der Waals surface area contributed by atoms with E-state index in [0.29, 0.717) is 6.04 Å². The van der Waals surface area contributed by atoms with E-state index in [-0.39, 0.29) is 0 Å². The Morgan fingerprint density at radius 2 is 1.67 bits per heavy atom. The number of fused-ring (bicyclic) bond motifs is 1. The summed E-state index contributed by atoms with van der Waals surface area (Å²) in [4.78, 5) is 5.12. The molecule has 1 fully saturated rings. The molecule has 3 heterocycles. The molecule has 0 spiro atoms. The van der Waals surface area contributed by atoms with E-state index < -0.39 is 0 Å². The predicted octanol–water partition coefficient (Wildman–Crippen LogP) is 4.90. The van der Waals surface area contributed by atoms with Crippen LogP contribution in [-0.4, -0.2) is 34.2 Å². The van der Waals surface area contributed by atoms with Crippen LogP contribution in [0.15, 0.2) is 48.1 Å². The van der Waals surface area contributed by atoms with Gasteiger partial charge in [-0.25, -0.2) is 0 Å². The molecule has 1 aromatic heterocycles. The fourth-order valence-corrected chi connectivity index (χ4v) is 5.16. The van der Waals surface area contributed by atoms with E-state index in [2.05, 4.69) is 71.2 Å². The van der Waals surface area contributed by atoms with E-state index in [4.69, 9.17) is 5.10 Å². The van der Waals surface area contributed by atoms with Crippen molar-refractivity contribution in [3.8, 4) is 0 Å². The van der Waals surface area contributed by atoms with E-state index in [1.54, 1.807) is 0 Å². The average molecular weight is 401 g/mol. The lowest BCUT2D eigenvalue weighted by Crippen LogP contribution is -2.43. The first kappa shape index (κ1) is 19.5. The number of hydrogen-bond acceptors (Lipinski definition) is 4. The zero-order chi connectivity index (χ0) is 20.5. The minimum absolute atomic E-state index is 0.673. The molecule has 4 nitrogen and oxygen atoms in total. The quantitative estimate of drug-likeness (QED) is 0.731. The van der Waals surface area contributed by atoms with Gasteiger partial charge >= 0.3 is 0 Å².